The first-order valence-corrected chi connectivity index (χ1v) is 7.15. The Bertz CT molecular complexity index is 718. The second-order valence-corrected chi connectivity index (χ2v) is 5.46. The molecule has 2 amide bonds. The van der Waals surface area contributed by atoms with Gasteiger partial charge in [-0.1, -0.05) is 30.3 Å². The summed E-state index contributed by atoms with van der Waals surface area (Å²) in [6, 6.07) is 11.2. The van der Waals surface area contributed by atoms with Gasteiger partial charge in [0.2, 0.25) is 0 Å². The Morgan fingerprint density at radius 2 is 2.00 bits per heavy atom. The largest absolute Gasteiger partial charge is 0.390 e. The number of urea groups is 1. The Labute approximate surface area is 128 Å². The summed E-state index contributed by atoms with van der Waals surface area (Å²) in [7, 11) is 0. The zero-order valence-electron chi connectivity index (χ0n) is 12.1. The lowest BCUT2D eigenvalue weighted by Crippen LogP contribution is -2.37. The van der Waals surface area contributed by atoms with Crippen LogP contribution >= 0.6 is 0 Å². The van der Waals surface area contributed by atoms with Crippen LogP contribution in [0.1, 0.15) is 22.7 Å². The SMILES string of the molecule is Cc1c(F)cccc1NC(=O)N[C@H]1c2ccccc2C[C@H]1O. The Balaban J connectivity index is 1.74. The number of carbonyl (C=O) groups is 1. The fourth-order valence-electron chi connectivity index (χ4n) is 2.79. The zero-order valence-corrected chi connectivity index (χ0v) is 12.1. The van der Waals surface area contributed by atoms with Crippen molar-refractivity contribution in [3.8, 4) is 0 Å². The maximum absolute atomic E-state index is 13.5. The second kappa shape index (κ2) is 5.77. The summed E-state index contributed by atoms with van der Waals surface area (Å²) in [5.74, 6) is -0.371. The van der Waals surface area contributed by atoms with Crippen LogP contribution in [0.15, 0.2) is 42.5 Å². The van der Waals surface area contributed by atoms with Crippen LogP contribution in [0.2, 0.25) is 0 Å². The van der Waals surface area contributed by atoms with E-state index in [1.165, 1.54) is 12.1 Å². The van der Waals surface area contributed by atoms with E-state index in [0.717, 1.165) is 11.1 Å². The molecule has 0 bridgehead atoms. The molecular weight excluding hydrogens is 283 g/mol. The highest BCUT2D eigenvalue weighted by molar-refractivity contribution is 5.90. The highest BCUT2D eigenvalue weighted by Crippen LogP contribution is 2.31. The third kappa shape index (κ3) is 2.67. The molecule has 0 saturated heterocycles. The molecule has 2 atom stereocenters. The van der Waals surface area contributed by atoms with Crippen molar-refractivity contribution >= 4 is 11.7 Å². The van der Waals surface area contributed by atoms with Crippen molar-refractivity contribution < 1.29 is 14.3 Å². The molecular formula is C17H17FN2O2. The standard InChI is InChI=1S/C17H17FN2O2/c1-10-13(18)7-4-8-14(10)19-17(22)20-16-12-6-3-2-5-11(12)9-15(16)21/h2-8,15-16,21H,9H2,1H3,(H2,19,20,22)/t15-,16+/m1/s1. The normalized spacial score (nSPS) is 19.6. The van der Waals surface area contributed by atoms with Gasteiger partial charge in [0, 0.05) is 17.7 Å². The van der Waals surface area contributed by atoms with Gasteiger partial charge < -0.3 is 15.7 Å². The number of hydrogen-bond donors (Lipinski definition) is 3. The molecule has 2 aromatic rings. The van der Waals surface area contributed by atoms with Crippen LogP contribution in [0.3, 0.4) is 0 Å². The lowest BCUT2D eigenvalue weighted by atomic mass is 10.1. The number of benzene rings is 2. The number of fused-ring (bicyclic) bond motifs is 1. The number of rotatable bonds is 2. The summed E-state index contributed by atoms with van der Waals surface area (Å²) in [5, 5.41) is 15.5. The predicted molar refractivity (Wildman–Crippen MR) is 82.2 cm³/mol. The summed E-state index contributed by atoms with van der Waals surface area (Å²) < 4.78 is 13.5. The van der Waals surface area contributed by atoms with Crippen LogP contribution in [0.25, 0.3) is 0 Å². The number of aliphatic hydroxyl groups is 1. The minimum absolute atomic E-state index is 0.371. The van der Waals surface area contributed by atoms with Crippen LogP contribution in [0.4, 0.5) is 14.9 Å². The number of anilines is 1. The van der Waals surface area contributed by atoms with Gasteiger partial charge in [0.05, 0.1) is 12.1 Å². The Morgan fingerprint density at radius 3 is 2.82 bits per heavy atom. The summed E-state index contributed by atoms with van der Waals surface area (Å²) in [6.45, 7) is 1.60. The van der Waals surface area contributed by atoms with Crippen LogP contribution < -0.4 is 10.6 Å². The minimum atomic E-state index is -0.656. The number of carbonyl (C=O) groups excluding carboxylic acids is 1. The molecule has 0 aromatic heterocycles. The molecule has 0 radical (unpaired) electrons. The van der Waals surface area contributed by atoms with Crippen LogP contribution in [-0.4, -0.2) is 17.2 Å². The summed E-state index contributed by atoms with van der Waals surface area (Å²) in [4.78, 5) is 12.1. The van der Waals surface area contributed by atoms with Gasteiger partial charge in [0.25, 0.3) is 0 Å². The first-order valence-electron chi connectivity index (χ1n) is 7.15. The topological polar surface area (TPSA) is 61.4 Å². The first kappa shape index (κ1) is 14.5. The van der Waals surface area contributed by atoms with E-state index >= 15 is 0 Å². The van der Waals surface area contributed by atoms with Crippen molar-refractivity contribution in [1.29, 1.82) is 0 Å². The Kier molecular flexibility index (Phi) is 3.81. The maximum atomic E-state index is 13.5. The van der Waals surface area contributed by atoms with E-state index in [1.54, 1.807) is 13.0 Å². The number of amides is 2. The van der Waals surface area contributed by atoms with E-state index < -0.39 is 18.2 Å². The Hall–Kier alpha value is -2.40. The second-order valence-electron chi connectivity index (χ2n) is 5.46. The molecule has 1 aliphatic rings. The van der Waals surface area contributed by atoms with E-state index in [-0.39, 0.29) is 5.82 Å². The van der Waals surface area contributed by atoms with Crippen LogP contribution in [0, 0.1) is 12.7 Å². The quantitative estimate of drug-likeness (QED) is 0.798. The molecule has 0 heterocycles. The van der Waals surface area contributed by atoms with Crippen molar-refractivity contribution in [2.24, 2.45) is 0 Å². The summed E-state index contributed by atoms with van der Waals surface area (Å²) >= 11 is 0. The smallest absolute Gasteiger partial charge is 0.319 e. The van der Waals surface area contributed by atoms with Crippen molar-refractivity contribution in [1.82, 2.24) is 5.32 Å². The van der Waals surface area contributed by atoms with Gasteiger partial charge in [-0.25, -0.2) is 9.18 Å². The molecule has 5 heteroatoms. The molecule has 3 N–H and O–H groups in total. The Morgan fingerprint density at radius 1 is 1.23 bits per heavy atom. The average molecular weight is 300 g/mol. The van der Waals surface area contributed by atoms with E-state index in [9.17, 15) is 14.3 Å². The molecule has 3 rings (SSSR count). The highest BCUT2D eigenvalue weighted by atomic mass is 19.1. The molecule has 2 aromatic carbocycles. The number of aliphatic hydroxyl groups excluding tert-OH is 1. The fraction of sp³-hybridized carbons (Fsp3) is 0.235. The molecule has 4 nitrogen and oxygen atoms in total. The molecule has 0 saturated carbocycles. The lowest BCUT2D eigenvalue weighted by molar-refractivity contribution is 0.144. The first-order chi connectivity index (χ1) is 10.6. The molecule has 0 unspecified atom stereocenters. The molecule has 0 spiro atoms. The third-order valence-electron chi connectivity index (χ3n) is 4.01. The van der Waals surface area contributed by atoms with E-state index in [1.807, 2.05) is 24.3 Å². The monoisotopic (exact) mass is 300 g/mol. The maximum Gasteiger partial charge on any atom is 0.319 e. The molecule has 22 heavy (non-hydrogen) atoms. The number of hydrogen-bond acceptors (Lipinski definition) is 2. The van der Waals surface area contributed by atoms with Crippen molar-refractivity contribution in [3.63, 3.8) is 0 Å². The van der Waals surface area contributed by atoms with Gasteiger partial charge in [-0.15, -0.1) is 0 Å². The predicted octanol–water partition coefficient (Wildman–Crippen LogP) is 2.91. The van der Waals surface area contributed by atoms with Gasteiger partial charge in [0.15, 0.2) is 0 Å². The van der Waals surface area contributed by atoms with Gasteiger partial charge in [-0.05, 0) is 30.2 Å². The van der Waals surface area contributed by atoms with E-state index in [2.05, 4.69) is 10.6 Å². The van der Waals surface area contributed by atoms with Crippen molar-refractivity contribution in [3.05, 3.63) is 65.0 Å². The molecule has 114 valence electrons. The highest BCUT2D eigenvalue weighted by Gasteiger charge is 2.31. The summed E-state index contributed by atoms with van der Waals surface area (Å²) in [5.41, 5.74) is 2.74. The van der Waals surface area contributed by atoms with Gasteiger partial charge >= 0.3 is 6.03 Å². The third-order valence-corrected chi connectivity index (χ3v) is 4.01. The molecule has 1 aliphatic carbocycles. The molecule has 0 fully saturated rings. The van der Waals surface area contributed by atoms with Crippen molar-refractivity contribution in [2.45, 2.75) is 25.5 Å². The fourth-order valence-corrected chi connectivity index (χ4v) is 2.79. The van der Waals surface area contributed by atoms with Gasteiger partial charge in [-0.2, -0.15) is 0 Å². The van der Waals surface area contributed by atoms with Gasteiger partial charge in [-0.3, -0.25) is 0 Å². The van der Waals surface area contributed by atoms with Crippen molar-refractivity contribution in [2.75, 3.05) is 5.32 Å². The molecule has 0 aliphatic heterocycles. The van der Waals surface area contributed by atoms with E-state index in [4.69, 9.17) is 0 Å². The minimum Gasteiger partial charge on any atom is -0.390 e. The summed E-state index contributed by atoms with van der Waals surface area (Å²) in [6.07, 6.45) is -0.142. The van der Waals surface area contributed by atoms with Gasteiger partial charge in [0.1, 0.15) is 5.82 Å². The lowest BCUT2D eigenvalue weighted by Gasteiger charge is -2.19. The number of halogens is 1. The van der Waals surface area contributed by atoms with Crippen LogP contribution in [-0.2, 0) is 6.42 Å². The zero-order chi connectivity index (χ0) is 15.7. The van der Waals surface area contributed by atoms with Crippen LogP contribution in [0.5, 0.6) is 0 Å². The number of nitrogens with one attached hydrogen (secondary N) is 2. The van der Waals surface area contributed by atoms with E-state index in [0.29, 0.717) is 17.7 Å². The average Bonchev–Trinajstić information content (AvgIpc) is 2.80.